The molecular formula is C12H9FN4. The van der Waals surface area contributed by atoms with Crippen molar-refractivity contribution >= 4 is 11.3 Å². The molecule has 0 saturated carbocycles. The lowest BCUT2D eigenvalue weighted by Crippen LogP contribution is -1.97. The molecule has 5 heteroatoms. The fraction of sp³-hybridized carbons (Fsp3) is 0. The van der Waals surface area contributed by atoms with Gasteiger partial charge in [0.1, 0.15) is 5.82 Å². The van der Waals surface area contributed by atoms with Crippen molar-refractivity contribution in [2.24, 2.45) is 0 Å². The molecular weight excluding hydrogens is 219 g/mol. The molecule has 0 bridgehead atoms. The predicted molar refractivity (Wildman–Crippen MR) is 62.8 cm³/mol. The third-order valence-electron chi connectivity index (χ3n) is 2.58. The van der Waals surface area contributed by atoms with Crippen molar-refractivity contribution in [3.05, 3.63) is 48.5 Å². The van der Waals surface area contributed by atoms with Crippen molar-refractivity contribution in [1.29, 1.82) is 0 Å². The third kappa shape index (κ3) is 1.52. The van der Waals surface area contributed by atoms with Gasteiger partial charge in [-0.25, -0.2) is 13.9 Å². The van der Waals surface area contributed by atoms with E-state index < -0.39 is 5.82 Å². The number of benzene rings is 1. The van der Waals surface area contributed by atoms with Gasteiger partial charge in [-0.2, -0.15) is 5.10 Å². The number of hydrogen-bond donors (Lipinski definition) is 1. The van der Waals surface area contributed by atoms with E-state index in [2.05, 4.69) is 10.1 Å². The standard InChI is InChI=1S/C12H9FN4/c13-9-2-1-8(7-10(9)14)11-3-5-15-12-4-6-16-17(11)12/h1-7H,14H2. The molecule has 0 atom stereocenters. The molecule has 0 unspecified atom stereocenters. The van der Waals surface area contributed by atoms with Gasteiger partial charge in [-0.1, -0.05) is 0 Å². The Morgan fingerprint density at radius 2 is 2.00 bits per heavy atom. The first kappa shape index (κ1) is 9.77. The summed E-state index contributed by atoms with van der Waals surface area (Å²) in [5.74, 6) is -0.417. The number of aromatic nitrogens is 3. The summed E-state index contributed by atoms with van der Waals surface area (Å²) in [7, 11) is 0. The number of hydrogen-bond acceptors (Lipinski definition) is 3. The maximum atomic E-state index is 13.1. The monoisotopic (exact) mass is 228 g/mol. The van der Waals surface area contributed by atoms with Crippen LogP contribution in [0.1, 0.15) is 0 Å². The molecule has 2 N–H and O–H groups in total. The van der Waals surface area contributed by atoms with E-state index in [1.54, 1.807) is 35.1 Å². The summed E-state index contributed by atoms with van der Waals surface area (Å²) in [4.78, 5) is 4.16. The van der Waals surface area contributed by atoms with Crippen molar-refractivity contribution in [1.82, 2.24) is 14.6 Å². The Morgan fingerprint density at radius 1 is 1.12 bits per heavy atom. The molecule has 0 spiro atoms. The van der Waals surface area contributed by atoms with Gasteiger partial charge >= 0.3 is 0 Å². The lowest BCUT2D eigenvalue weighted by Gasteiger charge is -2.05. The van der Waals surface area contributed by atoms with E-state index in [0.29, 0.717) is 0 Å². The van der Waals surface area contributed by atoms with Gasteiger partial charge in [0.05, 0.1) is 17.6 Å². The highest BCUT2D eigenvalue weighted by atomic mass is 19.1. The number of nitrogens with zero attached hydrogens (tertiary/aromatic N) is 3. The fourth-order valence-electron chi connectivity index (χ4n) is 1.76. The third-order valence-corrected chi connectivity index (χ3v) is 2.58. The highest BCUT2D eigenvalue weighted by Gasteiger charge is 2.06. The largest absolute Gasteiger partial charge is 0.396 e. The zero-order valence-electron chi connectivity index (χ0n) is 8.84. The van der Waals surface area contributed by atoms with Gasteiger partial charge in [-0.3, -0.25) is 0 Å². The van der Waals surface area contributed by atoms with E-state index in [1.807, 2.05) is 6.07 Å². The first-order valence-corrected chi connectivity index (χ1v) is 5.10. The minimum Gasteiger partial charge on any atom is -0.396 e. The summed E-state index contributed by atoms with van der Waals surface area (Å²) >= 11 is 0. The molecule has 84 valence electrons. The van der Waals surface area contributed by atoms with Crippen LogP contribution in [0, 0.1) is 5.82 Å². The van der Waals surface area contributed by atoms with Crippen LogP contribution in [-0.4, -0.2) is 14.6 Å². The van der Waals surface area contributed by atoms with Crippen molar-refractivity contribution in [3.8, 4) is 11.3 Å². The van der Waals surface area contributed by atoms with Gasteiger partial charge < -0.3 is 5.73 Å². The maximum Gasteiger partial charge on any atom is 0.155 e. The van der Waals surface area contributed by atoms with Crippen molar-refractivity contribution in [3.63, 3.8) is 0 Å². The molecule has 0 aliphatic heterocycles. The molecule has 3 rings (SSSR count). The summed E-state index contributed by atoms with van der Waals surface area (Å²) in [6, 6.07) is 8.22. The highest BCUT2D eigenvalue weighted by Crippen LogP contribution is 2.23. The second kappa shape index (κ2) is 3.55. The summed E-state index contributed by atoms with van der Waals surface area (Å²) < 4.78 is 14.8. The summed E-state index contributed by atoms with van der Waals surface area (Å²) in [5, 5.41) is 4.17. The van der Waals surface area contributed by atoms with E-state index in [9.17, 15) is 4.39 Å². The van der Waals surface area contributed by atoms with Gasteiger partial charge in [0.2, 0.25) is 0 Å². The normalized spacial score (nSPS) is 10.9. The average molecular weight is 228 g/mol. The molecule has 17 heavy (non-hydrogen) atoms. The zero-order valence-corrected chi connectivity index (χ0v) is 8.84. The summed E-state index contributed by atoms with van der Waals surface area (Å²) in [6.45, 7) is 0. The van der Waals surface area contributed by atoms with Gasteiger partial charge in [-0.05, 0) is 24.3 Å². The Morgan fingerprint density at radius 3 is 2.82 bits per heavy atom. The van der Waals surface area contributed by atoms with Crippen LogP contribution in [0.2, 0.25) is 0 Å². The Bertz CT molecular complexity index is 690. The molecule has 0 amide bonds. The lowest BCUT2D eigenvalue weighted by molar-refractivity contribution is 0.632. The second-order valence-electron chi connectivity index (χ2n) is 3.67. The Labute approximate surface area is 96.5 Å². The first-order valence-electron chi connectivity index (χ1n) is 5.10. The van der Waals surface area contributed by atoms with Crippen LogP contribution in [0.3, 0.4) is 0 Å². The molecule has 3 aromatic rings. The molecule has 0 saturated heterocycles. The molecule has 1 aromatic carbocycles. The maximum absolute atomic E-state index is 13.1. The second-order valence-corrected chi connectivity index (χ2v) is 3.67. The fourth-order valence-corrected chi connectivity index (χ4v) is 1.76. The number of halogens is 1. The number of nitrogens with two attached hydrogens (primary N) is 1. The van der Waals surface area contributed by atoms with E-state index in [0.717, 1.165) is 16.9 Å². The average Bonchev–Trinajstić information content (AvgIpc) is 2.80. The van der Waals surface area contributed by atoms with Crippen LogP contribution in [-0.2, 0) is 0 Å². The number of nitrogen functional groups attached to an aromatic ring is 1. The molecule has 2 aromatic heterocycles. The van der Waals surface area contributed by atoms with Crippen LogP contribution in [0.4, 0.5) is 10.1 Å². The van der Waals surface area contributed by atoms with Gasteiger partial charge in [0.25, 0.3) is 0 Å². The zero-order chi connectivity index (χ0) is 11.8. The number of fused-ring (bicyclic) bond motifs is 1. The van der Waals surface area contributed by atoms with Crippen molar-refractivity contribution in [2.45, 2.75) is 0 Å². The molecule has 0 aliphatic carbocycles. The molecule has 0 fully saturated rings. The Hall–Kier alpha value is -2.43. The Balaban J connectivity index is 2.26. The number of rotatable bonds is 1. The van der Waals surface area contributed by atoms with E-state index >= 15 is 0 Å². The molecule has 0 aliphatic rings. The summed E-state index contributed by atoms with van der Waals surface area (Å²) in [6.07, 6.45) is 3.35. The van der Waals surface area contributed by atoms with Crippen LogP contribution < -0.4 is 5.73 Å². The summed E-state index contributed by atoms with van der Waals surface area (Å²) in [5.41, 5.74) is 8.05. The Kier molecular flexibility index (Phi) is 2.04. The first-order chi connectivity index (χ1) is 8.25. The predicted octanol–water partition coefficient (Wildman–Crippen LogP) is 2.12. The SMILES string of the molecule is Nc1cc(-c2ccnc3ccnn23)ccc1F. The quantitative estimate of drug-likeness (QED) is 0.649. The molecule has 2 heterocycles. The van der Waals surface area contributed by atoms with Crippen LogP contribution in [0.5, 0.6) is 0 Å². The van der Waals surface area contributed by atoms with Crippen LogP contribution in [0.15, 0.2) is 42.7 Å². The van der Waals surface area contributed by atoms with E-state index in [-0.39, 0.29) is 5.69 Å². The molecule has 4 nitrogen and oxygen atoms in total. The smallest absolute Gasteiger partial charge is 0.155 e. The van der Waals surface area contributed by atoms with E-state index in [1.165, 1.54) is 6.07 Å². The van der Waals surface area contributed by atoms with Crippen molar-refractivity contribution in [2.75, 3.05) is 5.73 Å². The topological polar surface area (TPSA) is 56.2 Å². The van der Waals surface area contributed by atoms with Crippen LogP contribution in [0.25, 0.3) is 16.9 Å². The van der Waals surface area contributed by atoms with Crippen LogP contribution >= 0.6 is 0 Å². The minimum atomic E-state index is -0.417. The number of anilines is 1. The van der Waals surface area contributed by atoms with Gasteiger partial charge in [0, 0.05) is 17.8 Å². The van der Waals surface area contributed by atoms with Gasteiger partial charge in [0.15, 0.2) is 5.65 Å². The van der Waals surface area contributed by atoms with Crippen molar-refractivity contribution < 1.29 is 4.39 Å². The minimum absolute atomic E-state index is 0.125. The van der Waals surface area contributed by atoms with E-state index in [4.69, 9.17) is 5.73 Å². The highest BCUT2D eigenvalue weighted by molar-refractivity contribution is 5.66. The lowest BCUT2D eigenvalue weighted by atomic mass is 10.1. The van der Waals surface area contributed by atoms with Gasteiger partial charge in [-0.15, -0.1) is 0 Å². The molecule has 0 radical (unpaired) electrons.